The van der Waals surface area contributed by atoms with Gasteiger partial charge in [-0.15, -0.1) is 0 Å². The van der Waals surface area contributed by atoms with Gasteiger partial charge in [0.1, 0.15) is 11.7 Å². The molecule has 1 fully saturated rings. The molecule has 3 heterocycles. The number of benzene rings is 2. The van der Waals surface area contributed by atoms with Gasteiger partial charge in [-0.05, 0) is 42.0 Å². The number of fused-ring (bicyclic) bond motifs is 2. The first-order chi connectivity index (χ1) is 13.5. The van der Waals surface area contributed by atoms with Gasteiger partial charge in [0.25, 0.3) is 0 Å². The van der Waals surface area contributed by atoms with Crippen molar-refractivity contribution in [3.63, 3.8) is 0 Å². The second-order valence-electron chi connectivity index (χ2n) is 6.94. The van der Waals surface area contributed by atoms with E-state index >= 15 is 0 Å². The second-order valence-corrected chi connectivity index (χ2v) is 6.94. The minimum atomic E-state index is -0.410. The zero-order valence-electron chi connectivity index (χ0n) is 15.0. The molecule has 5 rings (SSSR count). The number of aliphatic imine (C=N–C) groups is 1. The molecular formula is C20H16FN3O4. The zero-order chi connectivity index (χ0) is 19.4. The summed E-state index contributed by atoms with van der Waals surface area (Å²) < 4.78 is 24.1. The van der Waals surface area contributed by atoms with Crippen molar-refractivity contribution >= 4 is 23.5 Å². The maximum Gasteiger partial charge on any atom is 0.345 e. The zero-order valence-corrected chi connectivity index (χ0v) is 15.0. The first-order valence-corrected chi connectivity index (χ1v) is 8.86. The van der Waals surface area contributed by atoms with Crippen LogP contribution in [0.4, 0.5) is 14.9 Å². The molecule has 2 atom stereocenters. The molecule has 7 nitrogen and oxygen atoms in total. The standard InChI is InChI=1S/C20H16FN3O4/c1-23-18-14(11-2-7-15-16(8-11)28-10-27-15)9-17(25)24(19(18)22-20(23)26)13-5-3-12(21)4-6-13/h2-8,14,18H,9-10H2,1H3/t14-,18+/m0/s1. The van der Waals surface area contributed by atoms with Gasteiger partial charge >= 0.3 is 6.03 Å². The quantitative estimate of drug-likeness (QED) is 0.802. The summed E-state index contributed by atoms with van der Waals surface area (Å²) in [7, 11) is 1.67. The fourth-order valence-corrected chi connectivity index (χ4v) is 4.00. The van der Waals surface area contributed by atoms with E-state index in [1.54, 1.807) is 7.05 Å². The van der Waals surface area contributed by atoms with Crippen LogP contribution in [0.1, 0.15) is 17.9 Å². The smallest absolute Gasteiger partial charge is 0.345 e. The summed E-state index contributed by atoms with van der Waals surface area (Å²) in [4.78, 5) is 32.4. The Kier molecular flexibility index (Phi) is 3.61. The van der Waals surface area contributed by atoms with Crippen LogP contribution in [0.15, 0.2) is 47.5 Å². The van der Waals surface area contributed by atoms with Crippen LogP contribution in [-0.2, 0) is 4.79 Å². The number of likely N-dealkylation sites (N-methyl/N-ethyl adjacent to an activating group) is 1. The van der Waals surface area contributed by atoms with Crippen LogP contribution in [0, 0.1) is 5.82 Å². The number of ether oxygens (including phenoxy) is 2. The molecule has 28 heavy (non-hydrogen) atoms. The molecule has 3 amide bonds. The van der Waals surface area contributed by atoms with E-state index in [-0.39, 0.29) is 25.0 Å². The normalized spacial score (nSPS) is 23.1. The Morgan fingerprint density at radius 3 is 2.61 bits per heavy atom. The van der Waals surface area contributed by atoms with Crippen LogP contribution in [0.3, 0.4) is 0 Å². The van der Waals surface area contributed by atoms with Crippen LogP contribution >= 0.6 is 0 Å². The maximum atomic E-state index is 13.3. The topological polar surface area (TPSA) is 71.4 Å². The minimum Gasteiger partial charge on any atom is -0.454 e. The molecule has 0 aliphatic carbocycles. The van der Waals surface area contributed by atoms with Crippen molar-refractivity contribution in [1.82, 2.24) is 4.90 Å². The number of piperidine rings is 1. The van der Waals surface area contributed by atoms with Gasteiger partial charge in [-0.1, -0.05) is 6.07 Å². The average Bonchev–Trinajstić information content (AvgIpc) is 3.26. The van der Waals surface area contributed by atoms with Crippen molar-refractivity contribution in [2.75, 3.05) is 18.7 Å². The fourth-order valence-electron chi connectivity index (χ4n) is 4.00. The molecule has 0 saturated carbocycles. The highest BCUT2D eigenvalue weighted by molar-refractivity contribution is 6.25. The van der Waals surface area contributed by atoms with Crippen LogP contribution in [0.2, 0.25) is 0 Å². The lowest BCUT2D eigenvalue weighted by Gasteiger charge is -2.39. The summed E-state index contributed by atoms with van der Waals surface area (Å²) in [6, 6.07) is 10.3. The summed E-state index contributed by atoms with van der Waals surface area (Å²) in [6.07, 6.45) is 0.179. The van der Waals surface area contributed by atoms with E-state index in [4.69, 9.17) is 9.47 Å². The molecule has 142 valence electrons. The molecule has 2 aromatic rings. The van der Waals surface area contributed by atoms with E-state index in [1.165, 1.54) is 34.1 Å². The highest BCUT2D eigenvalue weighted by Gasteiger charge is 2.48. The monoisotopic (exact) mass is 381 g/mol. The summed E-state index contributed by atoms with van der Waals surface area (Å²) in [5.74, 6) is 0.767. The lowest BCUT2D eigenvalue weighted by atomic mass is 9.83. The highest BCUT2D eigenvalue weighted by Crippen LogP contribution is 2.41. The third-order valence-electron chi connectivity index (χ3n) is 5.36. The molecule has 8 heteroatoms. The highest BCUT2D eigenvalue weighted by atomic mass is 19.1. The van der Waals surface area contributed by atoms with Gasteiger partial charge in [-0.2, -0.15) is 4.99 Å². The van der Waals surface area contributed by atoms with E-state index in [9.17, 15) is 14.0 Å². The van der Waals surface area contributed by atoms with E-state index in [1.807, 2.05) is 18.2 Å². The van der Waals surface area contributed by atoms with E-state index in [0.29, 0.717) is 23.0 Å². The van der Waals surface area contributed by atoms with Gasteiger partial charge in [0, 0.05) is 19.4 Å². The number of carbonyl (C=O) groups is 2. The van der Waals surface area contributed by atoms with Crippen molar-refractivity contribution in [2.24, 2.45) is 4.99 Å². The third-order valence-corrected chi connectivity index (χ3v) is 5.36. The molecular weight excluding hydrogens is 365 g/mol. The Morgan fingerprint density at radius 2 is 1.82 bits per heavy atom. The molecule has 0 radical (unpaired) electrons. The van der Waals surface area contributed by atoms with E-state index in [2.05, 4.69) is 4.99 Å². The molecule has 3 aliphatic rings. The number of hydrogen-bond donors (Lipinski definition) is 0. The van der Waals surface area contributed by atoms with Crippen LogP contribution in [0.5, 0.6) is 11.5 Å². The van der Waals surface area contributed by atoms with Crippen molar-refractivity contribution < 1.29 is 23.5 Å². The molecule has 0 unspecified atom stereocenters. The molecule has 1 saturated heterocycles. The van der Waals surface area contributed by atoms with Gasteiger partial charge in [0.15, 0.2) is 11.5 Å². The van der Waals surface area contributed by atoms with E-state index < -0.39 is 17.9 Å². The summed E-state index contributed by atoms with van der Waals surface area (Å²) in [5.41, 5.74) is 1.36. The molecule has 0 bridgehead atoms. The van der Waals surface area contributed by atoms with Gasteiger partial charge in [0.2, 0.25) is 12.7 Å². The number of rotatable bonds is 2. The Balaban J connectivity index is 1.56. The van der Waals surface area contributed by atoms with Crippen molar-refractivity contribution in [2.45, 2.75) is 18.4 Å². The number of amidine groups is 1. The maximum absolute atomic E-state index is 13.3. The number of anilines is 1. The fraction of sp³-hybridized carbons (Fsp3) is 0.250. The van der Waals surface area contributed by atoms with Gasteiger partial charge in [0.05, 0.1) is 11.7 Å². The van der Waals surface area contributed by atoms with Crippen LogP contribution in [0.25, 0.3) is 0 Å². The number of nitrogens with zero attached hydrogens (tertiary/aromatic N) is 3. The molecule has 2 aromatic carbocycles. The Morgan fingerprint density at radius 1 is 1.07 bits per heavy atom. The molecule has 3 aliphatic heterocycles. The van der Waals surface area contributed by atoms with Crippen molar-refractivity contribution in [3.8, 4) is 11.5 Å². The minimum absolute atomic E-state index is 0.162. The SMILES string of the molecule is CN1C(=O)N=C2[C@H]1[C@H](c1ccc3c(c1)OCO3)CC(=O)N2c1ccc(F)cc1. The largest absolute Gasteiger partial charge is 0.454 e. The lowest BCUT2D eigenvalue weighted by Crippen LogP contribution is -2.54. The summed E-state index contributed by atoms with van der Waals surface area (Å²) in [6.45, 7) is 0.162. The molecule has 0 aromatic heterocycles. The third kappa shape index (κ3) is 2.45. The number of halogens is 1. The van der Waals surface area contributed by atoms with Crippen molar-refractivity contribution in [1.29, 1.82) is 0 Å². The van der Waals surface area contributed by atoms with E-state index in [0.717, 1.165) is 5.56 Å². The lowest BCUT2D eigenvalue weighted by molar-refractivity contribution is -0.118. The number of hydrogen-bond acceptors (Lipinski definition) is 4. The molecule has 0 spiro atoms. The van der Waals surface area contributed by atoms with Crippen LogP contribution in [-0.4, -0.2) is 42.6 Å². The summed E-state index contributed by atoms with van der Waals surface area (Å²) in [5, 5.41) is 0. The first-order valence-electron chi connectivity index (χ1n) is 8.86. The van der Waals surface area contributed by atoms with Gasteiger partial charge in [-0.3, -0.25) is 9.69 Å². The number of carbonyl (C=O) groups excluding carboxylic acids is 2. The second kappa shape index (κ2) is 6.05. The molecule has 0 N–H and O–H groups in total. The number of amides is 3. The Bertz CT molecular complexity index is 1020. The number of urea groups is 1. The predicted octanol–water partition coefficient (Wildman–Crippen LogP) is 2.91. The summed E-state index contributed by atoms with van der Waals surface area (Å²) >= 11 is 0. The predicted molar refractivity (Wildman–Crippen MR) is 98.2 cm³/mol. The van der Waals surface area contributed by atoms with Crippen molar-refractivity contribution in [3.05, 3.63) is 53.8 Å². The van der Waals surface area contributed by atoms with Gasteiger partial charge in [-0.25, -0.2) is 9.18 Å². The Labute approximate surface area is 160 Å². The Hall–Kier alpha value is -3.42. The average molecular weight is 381 g/mol. The van der Waals surface area contributed by atoms with Gasteiger partial charge < -0.3 is 14.4 Å². The first kappa shape index (κ1) is 16.7. The van der Waals surface area contributed by atoms with Crippen LogP contribution < -0.4 is 14.4 Å².